The molecule has 2 aromatic carbocycles. The Bertz CT molecular complexity index is 882. The van der Waals surface area contributed by atoms with Gasteiger partial charge >= 0.3 is 5.97 Å². The minimum absolute atomic E-state index is 0.0830. The second-order valence-electron chi connectivity index (χ2n) is 4.62. The molecular formula is C15H14ClNO6S. The third-order valence-electron chi connectivity index (χ3n) is 3.11. The van der Waals surface area contributed by atoms with Crippen molar-refractivity contribution in [3.63, 3.8) is 0 Å². The van der Waals surface area contributed by atoms with Gasteiger partial charge in [0.2, 0.25) is 0 Å². The van der Waals surface area contributed by atoms with Crippen LogP contribution in [0.4, 0.5) is 5.69 Å². The van der Waals surface area contributed by atoms with E-state index >= 15 is 0 Å². The average Bonchev–Trinajstić information content (AvgIpc) is 2.53. The topological polar surface area (TPSA) is 102 Å². The Hall–Kier alpha value is -2.45. The maximum Gasteiger partial charge on any atom is 0.337 e. The average molecular weight is 372 g/mol. The molecule has 0 spiro atoms. The van der Waals surface area contributed by atoms with Gasteiger partial charge in [-0.15, -0.1) is 0 Å². The van der Waals surface area contributed by atoms with E-state index in [9.17, 15) is 13.2 Å². The Balaban J connectivity index is 2.42. The molecule has 0 aliphatic heterocycles. The fraction of sp³-hybridized carbons (Fsp3) is 0.133. The summed E-state index contributed by atoms with van der Waals surface area (Å²) in [6, 6.07) is 8.08. The van der Waals surface area contributed by atoms with Gasteiger partial charge in [0.25, 0.3) is 10.0 Å². The Kier molecular flexibility index (Phi) is 5.20. The number of hydrogen-bond donors (Lipinski definition) is 2. The number of carboxylic acid groups (broad SMARTS) is 1. The molecule has 0 aliphatic rings. The number of halogens is 1. The smallest absolute Gasteiger partial charge is 0.337 e. The molecule has 0 radical (unpaired) electrons. The lowest BCUT2D eigenvalue weighted by Gasteiger charge is -2.13. The zero-order valence-electron chi connectivity index (χ0n) is 12.7. The van der Waals surface area contributed by atoms with Crippen molar-refractivity contribution in [1.82, 2.24) is 0 Å². The number of benzene rings is 2. The molecule has 0 aromatic heterocycles. The lowest BCUT2D eigenvalue weighted by molar-refractivity contribution is 0.0697. The first kappa shape index (κ1) is 17.9. The van der Waals surface area contributed by atoms with Crippen molar-refractivity contribution >= 4 is 33.3 Å². The summed E-state index contributed by atoms with van der Waals surface area (Å²) in [6.45, 7) is 0. The van der Waals surface area contributed by atoms with Crippen LogP contribution in [0.2, 0.25) is 5.02 Å². The maximum absolute atomic E-state index is 12.6. The first-order valence-electron chi connectivity index (χ1n) is 6.56. The van der Waals surface area contributed by atoms with Gasteiger partial charge in [-0.25, -0.2) is 13.2 Å². The molecule has 0 saturated heterocycles. The summed E-state index contributed by atoms with van der Waals surface area (Å²) in [7, 11) is -1.24. The van der Waals surface area contributed by atoms with Crippen LogP contribution >= 0.6 is 11.6 Å². The molecule has 2 aromatic rings. The molecule has 24 heavy (non-hydrogen) atoms. The molecular weight excluding hydrogens is 358 g/mol. The van der Waals surface area contributed by atoms with Crippen LogP contribution in [-0.2, 0) is 10.0 Å². The zero-order valence-corrected chi connectivity index (χ0v) is 14.3. The summed E-state index contributed by atoms with van der Waals surface area (Å²) in [5, 5.41) is 8.86. The number of methoxy groups -OCH3 is 2. The van der Waals surface area contributed by atoms with Crippen LogP contribution < -0.4 is 14.2 Å². The highest BCUT2D eigenvalue weighted by Gasteiger charge is 2.21. The molecule has 2 rings (SSSR count). The number of nitrogens with one attached hydrogen (secondary N) is 1. The second kappa shape index (κ2) is 6.98. The fourth-order valence-electron chi connectivity index (χ4n) is 1.96. The number of aromatic carboxylic acids is 1. The molecule has 9 heteroatoms. The largest absolute Gasteiger partial charge is 0.497 e. The van der Waals surface area contributed by atoms with Crippen molar-refractivity contribution in [1.29, 1.82) is 0 Å². The molecule has 0 atom stereocenters. The zero-order chi connectivity index (χ0) is 17.9. The summed E-state index contributed by atoms with van der Waals surface area (Å²) in [6.07, 6.45) is 0. The van der Waals surface area contributed by atoms with Crippen LogP contribution in [0.5, 0.6) is 11.5 Å². The van der Waals surface area contributed by atoms with Gasteiger partial charge in [0.1, 0.15) is 16.4 Å². The van der Waals surface area contributed by atoms with Crippen molar-refractivity contribution in [2.45, 2.75) is 4.90 Å². The Morgan fingerprint density at radius 2 is 1.83 bits per heavy atom. The van der Waals surface area contributed by atoms with E-state index in [-0.39, 0.29) is 26.9 Å². The predicted molar refractivity (Wildman–Crippen MR) is 88.8 cm³/mol. The molecule has 0 fully saturated rings. The van der Waals surface area contributed by atoms with E-state index in [1.807, 2.05) is 0 Å². The molecule has 7 nitrogen and oxygen atoms in total. The van der Waals surface area contributed by atoms with E-state index in [0.29, 0.717) is 5.75 Å². The molecule has 0 heterocycles. The van der Waals surface area contributed by atoms with E-state index in [1.54, 1.807) is 6.07 Å². The first-order chi connectivity index (χ1) is 11.3. The maximum atomic E-state index is 12.6. The van der Waals surface area contributed by atoms with Crippen LogP contribution in [0.1, 0.15) is 10.4 Å². The van der Waals surface area contributed by atoms with Gasteiger partial charge in [-0.05, 0) is 30.3 Å². The van der Waals surface area contributed by atoms with Gasteiger partial charge in [0, 0.05) is 6.07 Å². The molecule has 0 saturated carbocycles. The number of sulfonamides is 1. The summed E-state index contributed by atoms with van der Waals surface area (Å²) >= 11 is 5.85. The van der Waals surface area contributed by atoms with Crippen LogP contribution in [0, 0.1) is 0 Å². The second-order valence-corrected chi connectivity index (χ2v) is 6.68. The lowest BCUT2D eigenvalue weighted by Crippen LogP contribution is -2.14. The third kappa shape index (κ3) is 3.72. The van der Waals surface area contributed by atoms with E-state index in [0.717, 1.165) is 0 Å². The predicted octanol–water partition coefficient (Wildman–Crippen LogP) is 2.86. The van der Waals surface area contributed by atoms with E-state index in [2.05, 4.69) is 4.72 Å². The van der Waals surface area contributed by atoms with Crippen molar-refractivity contribution in [2.24, 2.45) is 0 Å². The van der Waals surface area contributed by atoms with Gasteiger partial charge in [-0.3, -0.25) is 4.72 Å². The van der Waals surface area contributed by atoms with Crippen LogP contribution in [0.25, 0.3) is 0 Å². The molecule has 2 N–H and O–H groups in total. The number of hydrogen-bond acceptors (Lipinski definition) is 5. The van der Waals surface area contributed by atoms with Gasteiger partial charge in [0.05, 0.1) is 30.5 Å². The van der Waals surface area contributed by atoms with Gasteiger partial charge in [0.15, 0.2) is 0 Å². The number of carboxylic acids is 1. The summed E-state index contributed by atoms with van der Waals surface area (Å²) in [5.41, 5.74) is -0.00607. The molecule has 128 valence electrons. The van der Waals surface area contributed by atoms with Crippen LogP contribution in [0.15, 0.2) is 41.3 Å². The van der Waals surface area contributed by atoms with Crippen LogP contribution in [-0.4, -0.2) is 33.7 Å². The SMILES string of the molecule is COc1ccc(OC)c(S(=O)(=O)Nc2ccc(C(=O)O)c(Cl)c2)c1. The number of carbonyl (C=O) groups is 1. The van der Waals surface area contributed by atoms with E-state index in [1.165, 1.54) is 44.6 Å². The summed E-state index contributed by atoms with van der Waals surface area (Å²) in [5.74, 6) is -0.726. The van der Waals surface area contributed by atoms with Crippen molar-refractivity contribution in [3.8, 4) is 11.5 Å². The fourth-order valence-corrected chi connectivity index (χ4v) is 3.45. The monoisotopic (exact) mass is 371 g/mol. The molecule has 0 aliphatic carbocycles. The number of ether oxygens (including phenoxy) is 2. The third-order valence-corrected chi connectivity index (χ3v) is 4.83. The Labute approximate surface area is 143 Å². The molecule has 0 bridgehead atoms. The summed E-state index contributed by atoms with van der Waals surface area (Å²) < 4.78 is 37.6. The number of rotatable bonds is 6. The van der Waals surface area contributed by atoms with Gasteiger partial charge in [-0.1, -0.05) is 11.6 Å². The van der Waals surface area contributed by atoms with Crippen LogP contribution in [0.3, 0.4) is 0 Å². The minimum Gasteiger partial charge on any atom is -0.497 e. The van der Waals surface area contributed by atoms with Gasteiger partial charge in [-0.2, -0.15) is 0 Å². The molecule has 0 amide bonds. The number of anilines is 1. The van der Waals surface area contributed by atoms with Crippen molar-refractivity contribution < 1.29 is 27.8 Å². The lowest BCUT2D eigenvalue weighted by atomic mass is 10.2. The molecule has 0 unspecified atom stereocenters. The van der Waals surface area contributed by atoms with Gasteiger partial charge < -0.3 is 14.6 Å². The summed E-state index contributed by atoms with van der Waals surface area (Å²) in [4.78, 5) is 10.8. The Morgan fingerprint density at radius 3 is 2.38 bits per heavy atom. The first-order valence-corrected chi connectivity index (χ1v) is 8.42. The highest BCUT2D eigenvalue weighted by atomic mass is 35.5. The van der Waals surface area contributed by atoms with E-state index in [4.69, 9.17) is 26.2 Å². The normalized spacial score (nSPS) is 11.0. The minimum atomic E-state index is -4.00. The highest BCUT2D eigenvalue weighted by Crippen LogP contribution is 2.30. The Morgan fingerprint density at radius 1 is 1.12 bits per heavy atom. The van der Waals surface area contributed by atoms with Crippen molar-refractivity contribution in [3.05, 3.63) is 47.0 Å². The van der Waals surface area contributed by atoms with Crippen molar-refractivity contribution in [2.75, 3.05) is 18.9 Å². The standard InChI is InChI=1S/C15H14ClNO6S/c1-22-10-4-6-13(23-2)14(8-10)24(20,21)17-9-3-5-11(15(18)19)12(16)7-9/h3-8,17H,1-2H3,(H,18,19). The quantitative estimate of drug-likeness (QED) is 0.809. The van der Waals surface area contributed by atoms with E-state index < -0.39 is 16.0 Å². The highest BCUT2D eigenvalue weighted by molar-refractivity contribution is 7.92.